The largest absolute Gasteiger partial charge is 0.384 e. The van der Waals surface area contributed by atoms with E-state index in [0.717, 1.165) is 41.0 Å². The van der Waals surface area contributed by atoms with Crippen molar-refractivity contribution in [1.29, 1.82) is 0 Å². The number of aromatic nitrogens is 4. The van der Waals surface area contributed by atoms with Gasteiger partial charge in [0.25, 0.3) is 0 Å². The quantitative estimate of drug-likeness (QED) is 0.880. The zero-order chi connectivity index (χ0) is 13.8. The third kappa shape index (κ3) is 3.10. The van der Waals surface area contributed by atoms with Crippen molar-refractivity contribution in [2.24, 2.45) is 0 Å². The van der Waals surface area contributed by atoms with Gasteiger partial charge in [-0.05, 0) is 20.8 Å². The van der Waals surface area contributed by atoms with Crippen molar-refractivity contribution in [3.8, 4) is 0 Å². The topological polar surface area (TPSA) is 64.9 Å². The monoisotopic (exact) mass is 281 g/mol. The van der Waals surface area contributed by atoms with Gasteiger partial charge in [0.2, 0.25) is 5.13 Å². The molecule has 0 bridgehead atoms. The van der Waals surface area contributed by atoms with Gasteiger partial charge in [0.1, 0.15) is 5.82 Å². The molecule has 1 N–H and O–H groups in total. The summed E-state index contributed by atoms with van der Waals surface area (Å²) in [4.78, 5) is 4.44. The van der Waals surface area contributed by atoms with Crippen LogP contribution in [-0.2, 0) is 17.7 Å². The Bertz CT molecular complexity index is 548. The second kappa shape index (κ2) is 6.12. The normalized spacial score (nSPS) is 10.9. The van der Waals surface area contributed by atoms with Crippen LogP contribution in [0.25, 0.3) is 0 Å². The maximum atomic E-state index is 5.02. The maximum Gasteiger partial charge on any atom is 0.207 e. The van der Waals surface area contributed by atoms with Crippen LogP contribution in [0.2, 0.25) is 0 Å². The van der Waals surface area contributed by atoms with E-state index in [2.05, 4.69) is 33.6 Å². The van der Waals surface area contributed by atoms with Gasteiger partial charge in [0.15, 0.2) is 0 Å². The molecule has 6 nitrogen and oxygen atoms in total. The van der Waals surface area contributed by atoms with E-state index in [1.165, 1.54) is 11.5 Å². The van der Waals surface area contributed by atoms with Crippen molar-refractivity contribution in [2.75, 3.05) is 19.0 Å². The van der Waals surface area contributed by atoms with Gasteiger partial charge in [-0.3, -0.25) is 4.68 Å². The highest BCUT2D eigenvalue weighted by atomic mass is 32.1. The first kappa shape index (κ1) is 14.0. The van der Waals surface area contributed by atoms with Crippen molar-refractivity contribution in [3.63, 3.8) is 0 Å². The zero-order valence-corrected chi connectivity index (χ0v) is 12.5. The number of rotatable bonds is 6. The molecule has 0 spiro atoms. The lowest BCUT2D eigenvalue weighted by Crippen LogP contribution is -2.00. The summed E-state index contributed by atoms with van der Waals surface area (Å²) in [5.74, 6) is 0.813. The molecule has 0 atom stereocenters. The van der Waals surface area contributed by atoms with Crippen LogP contribution < -0.4 is 5.32 Å². The first-order valence-electron chi connectivity index (χ1n) is 6.28. The van der Waals surface area contributed by atoms with Crippen LogP contribution in [0.3, 0.4) is 0 Å². The second-order valence-electron chi connectivity index (χ2n) is 4.25. The molecule has 104 valence electrons. The number of hydrogen-bond donors (Lipinski definition) is 1. The third-order valence-electron chi connectivity index (χ3n) is 2.91. The van der Waals surface area contributed by atoms with Crippen LogP contribution in [0.15, 0.2) is 0 Å². The minimum atomic E-state index is 0.641. The fourth-order valence-electron chi connectivity index (χ4n) is 1.89. The van der Waals surface area contributed by atoms with Gasteiger partial charge in [-0.25, -0.2) is 4.98 Å². The van der Waals surface area contributed by atoms with Crippen molar-refractivity contribution in [3.05, 3.63) is 17.2 Å². The number of aryl methyl sites for hydroxylation is 2. The van der Waals surface area contributed by atoms with E-state index >= 15 is 0 Å². The summed E-state index contributed by atoms with van der Waals surface area (Å²) in [7, 11) is 1.68. The molecule has 0 aliphatic rings. The number of nitrogens with one attached hydrogen (secondary N) is 1. The number of anilines is 2. The lowest BCUT2D eigenvalue weighted by Gasteiger charge is -2.03. The average Bonchev–Trinajstić information content (AvgIpc) is 2.96. The van der Waals surface area contributed by atoms with Crippen molar-refractivity contribution in [1.82, 2.24) is 19.1 Å². The first-order chi connectivity index (χ1) is 9.15. The number of methoxy groups -OCH3 is 1. The van der Waals surface area contributed by atoms with Gasteiger partial charge in [0.05, 0.1) is 23.7 Å². The summed E-state index contributed by atoms with van der Waals surface area (Å²) in [5.41, 5.74) is 3.12. The van der Waals surface area contributed by atoms with Crippen LogP contribution in [0.4, 0.5) is 10.8 Å². The fraction of sp³-hybridized carbons (Fsp3) is 0.583. The molecule has 0 saturated heterocycles. The minimum Gasteiger partial charge on any atom is -0.384 e. The predicted octanol–water partition coefficient (Wildman–Crippen LogP) is 2.30. The van der Waals surface area contributed by atoms with E-state index in [-0.39, 0.29) is 0 Å². The molecule has 2 aromatic rings. The molecule has 7 heteroatoms. The Morgan fingerprint density at radius 3 is 2.79 bits per heavy atom. The zero-order valence-electron chi connectivity index (χ0n) is 11.7. The van der Waals surface area contributed by atoms with E-state index in [1.807, 2.05) is 11.6 Å². The molecule has 0 radical (unpaired) electrons. The maximum absolute atomic E-state index is 5.02. The molecule has 19 heavy (non-hydrogen) atoms. The van der Waals surface area contributed by atoms with Crippen LogP contribution in [0.5, 0.6) is 0 Å². The lowest BCUT2D eigenvalue weighted by atomic mass is 10.3. The van der Waals surface area contributed by atoms with E-state index in [4.69, 9.17) is 4.74 Å². The van der Waals surface area contributed by atoms with Crippen molar-refractivity contribution >= 4 is 22.4 Å². The molecular weight excluding hydrogens is 262 g/mol. The molecule has 0 fully saturated rings. The highest BCUT2D eigenvalue weighted by Gasteiger charge is 2.12. The van der Waals surface area contributed by atoms with Gasteiger partial charge < -0.3 is 10.1 Å². The Labute approximate surface area is 117 Å². The molecule has 2 aromatic heterocycles. The van der Waals surface area contributed by atoms with Gasteiger partial charge in [-0.2, -0.15) is 9.47 Å². The van der Waals surface area contributed by atoms with E-state index in [9.17, 15) is 0 Å². The predicted molar refractivity (Wildman–Crippen MR) is 76.1 cm³/mol. The molecule has 0 aliphatic carbocycles. The van der Waals surface area contributed by atoms with Gasteiger partial charge in [0, 0.05) is 31.6 Å². The number of ether oxygens (including phenoxy) is 1. The summed E-state index contributed by atoms with van der Waals surface area (Å²) < 4.78 is 11.3. The smallest absolute Gasteiger partial charge is 0.207 e. The summed E-state index contributed by atoms with van der Waals surface area (Å²) in [5, 5.41) is 8.58. The molecule has 0 amide bonds. The Kier molecular flexibility index (Phi) is 4.49. The van der Waals surface area contributed by atoms with Crippen LogP contribution in [0.1, 0.15) is 24.1 Å². The van der Waals surface area contributed by atoms with Gasteiger partial charge in [-0.15, -0.1) is 0 Å². The Hall–Kier alpha value is -1.47. The molecule has 0 aliphatic heterocycles. The Morgan fingerprint density at radius 1 is 1.37 bits per heavy atom. The molecular formula is C12H19N5OS. The molecule has 0 saturated carbocycles. The minimum absolute atomic E-state index is 0.641. The molecule has 0 aromatic carbocycles. The summed E-state index contributed by atoms with van der Waals surface area (Å²) in [6.45, 7) is 7.63. The van der Waals surface area contributed by atoms with Crippen molar-refractivity contribution in [2.45, 2.75) is 33.7 Å². The highest BCUT2D eigenvalue weighted by molar-refractivity contribution is 7.09. The molecule has 2 heterocycles. The number of nitrogens with zero attached hydrogens (tertiary/aromatic N) is 4. The Balaban J connectivity index is 2.12. The molecule has 0 unspecified atom stereocenters. The van der Waals surface area contributed by atoms with E-state index in [0.29, 0.717) is 6.61 Å². The molecule has 2 rings (SSSR count). The SMILES string of the molecule is CCn1nc(C)c(Nc2nc(CCOC)ns2)c1C. The Morgan fingerprint density at radius 2 is 2.16 bits per heavy atom. The van der Waals surface area contributed by atoms with Crippen LogP contribution in [-0.4, -0.2) is 32.9 Å². The highest BCUT2D eigenvalue weighted by Crippen LogP contribution is 2.25. The fourth-order valence-corrected chi connectivity index (χ4v) is 2.51. The van der Waals surface area contributed by atoms with Crippen LogP contribution in [0, 0.1) is 13.8 Å². The second-order valence-corrected chi connectivity index (χ2v) is 5.00. The average molecular weight is 281 g/mol. The van der Waals surface area contributed by atoms with E-state index < -0.39 is 0 Å². The summed E-state index contributed by atoms with van der Waals surface area (Å²) >= 11 is 1.36. The summed E-state index contributed by atoms with van der Waals surface area (Å²) in [6, 6.07) is 0. The standard InChI is InChI=1S/C12H19N5OS/c1-5-17-9(3)11(8(2)15-17)14-12-13-10(16-19-12)6-7-18-4/h5-7H2,1-4H3,(H,13,14,16). The van der Waals surface area contributed by atoms with Gasteiger partial charge in [-0.1, -0.05) is 0 Å². The van der Waals surface area contributed by atoms with Gasteiger partial charge >= 0.3 is 0 Å². The lowest BCUT2D eigenvalue weighted by molar-refractivity contribution is 0.201. The number of hydrogen-bond acceptors (Lipinski definition) is 6. The third-order valence-corrected chi connectivity index (χ3v) is 3.58. The first-order valence-corrected chi connectivity index (χ1v) is 7.05. The van der Waals surface area contributed by atoms with Crippen molar-refractivity contribution < 1.29 is 4.74 Å². The van der Waals surface area contributed by atoms with Crippen LogP contribution >= 0.6 is 11.5 Å². The van der Waals surface area contributed by atoms with E-state index in [1.54, 1.807) is 7.11 Å². The summed E-state index contributed by atoms with van der Waals surface area (Å²) in [6.07, 6.45) is 0.737.